The molecule has 0 unspecified atom stereocenters. The summed E-state index contributed by atoms with van der Waals surface area (Å²) in [5.41, 5.74) is 9.43. The van der Waals surface area contributed by atoms with Gasteiger partial charge in [0.15, 0.2) is 0 Å². The molecular formula is C26H27N3. The fraction of sp³-hybridized carbons (Fsp3) is 0.231. The first-order chi connectivity index (χ1) is 14.2. The van der Waals surface area contributed by atoms with Crippen molar-refractivity contribution < 1.29 is 0 Å². The van der Waals surface area contributed by atoms with E-state index in [9.17, 15) is 0 Å². The minimum atomic E-state index is 0.951. The lowest BCUT2D eigenvalue weighted by molar-refractivity contribution is 0.980. The van der Waals surface area contributed by atoms with Gasteiger partial charge in [-0.1, -0.05) is 50.2 Å². The highest BCUT2D eigenvalue weighted by atomic mass is 14.9. The molecule has 0 atom stereocenters. The smallest absolute Gasteiger partial charge is 0.0744 e. The van der Waals surface area contributed by atoms with Gasteiger partial charge in [-0.15, -0.1) is 0 Å². The number of anilines is 1. The van der Waals surface area contributed by atoms with Crippen LogP contribution in [0.2, 0.25) is 0 Å². The Hall–Kier alpha value is -3.20. The van der Waals surface area contributed by atoms with Crippen LogP contribution in [0.5, 0.6) is 0 Å². The number of aryl methyl sites for hydroxylation is 1. The van der Waals surface area contributed by atoms with E-state index in [1.54, 1.807) is 0 Å². The van der Waals surface area contributed by atoms with Gasteiger partial charge in [0, 0.05) is 35.6 Å². The number of aromatic nitrogens is 2. The molecule has 0 fully saturated rings. The van der Waals surface area contributed by atoms with Gasteiger partial charge in [-0.05, 0) is 60.2 Å². The monoisotopic (exact) mass is 381 g/mol. The first-order valence-corrected chi connectivity index (χ1v) is 10.4. The van der Waals surface area contributed by atoms with Crippen molar-refractivity contribution in [2.75, 3.05) is 11.9 Å². The molecular weight excluding hydrogens is 354 g/mol. The van der Waals surface area contributed by atoms with E-state index in [0.717, 1.165) is 41.5 Å². The van der Waals surface area contributed by atoms with E-state index < -0.39 is 0 Å². The Labute approximate surface area is 172 Å². The lowest BCUT2D eigenvalue weighted by Gasteiger charge is -2.14. The molecule has 0 saturated heterocycles. The zero-order valence-corrected chi connectivity index (χ0v) is 17.4. The van der Waals surface area contributed by atoms with E-state index in [-0.39, 0.29) is 0 Å². The zero-order chi connectivity index (χ0) is 20.2. The average Bonchev–Trinajstić information content (AvgIpc) is 2.78. The Morgan fingerprint density at radius 1 is 0.828 bits per heavy atom. The van der Waals surface area contributed by atoms with Crippen molar-refractivity contribution in [3.63, 3.8) is 0 Å². The molecule has 2 heterocycles. The van der Waals surface area contributed by atoms with Crippen LogP contribution in [0.1, 0.15) is 31.4 Å². The highest BCUT2D eigenvalue weighted by Gasteiger charge is 2.13. The van der Waals surface area contributed by atoms with Crippen molar-refractivity contribution in [1.29, 1.82) is 0 Å². The van der Waals surface area contributed by atoms with E-state index >= 15 is 0 Å². The van der Waals surface area contributed by atoms with Gasteiger partial charge in [0.05, 0.1) is 11.2 Å². The average molecular weight is 382 g/mol. The predicted octanol–water partition coefficient (Wildman–Crippen LogP) is 6.66. The van der Waals surface area contributed by atoms with Crippen LogP contribution in [-0.4, -0.2) is 16.5 Å². The fourth-order valence-electron chi connectivity index (χ4n) is 3.84. The Kier molecular flexibility index (Phi) is 5.57. The molecule has 0 radical (unpaired) electrons. The van der Waals surface area contributed by atoms with E-state index in [1.165, 1.54) is 27.9 Å². The van der Waals surface area contributed by atoms with Crippen molar-refractivity contribution in [2.24, 2.45) is 0 Å². The molecule has 3 heteroatoms. The summed E-state index contributed by atoms with van der Waals surface area (Å²) in [5, 5.41) is 4.56. The van der Waals surface area contributed by atoms with Gasteiger partial charge in [-0.2, -0.15) is 0 Å². The van der Waals surface area contributed by atoms with Gasteiger partial charge in [0.25, 0.3) is 0 Å². The van der Waals surface area contributed by atoms with Crippen LogP contribution in [0.4, 0.5) is 5.69 Å². The number of fused-ring (bicyclic) bond motifs is 1. The molecule has 0 saturated carbocycles. The van der Waals surface area contributed by atoms with Crippen molar-refractivity contribution in [2.45, 2.75) is 33.6 Å². The molecule has 0 amide bonds. The number of rotatable bonds is 6. The highest BCUT2D eigenvalue weighted by molar-refractivity contribution is 5.86. The zero-order valence-electron chi connectivity index (χ0n) is 17.4. The fourth-order valence-corrected chi connectivity index (χ4v) is 3.84. The number of hydrogen-bond donors (Lipinski definition) is 1. The first kappa shape index (κ1) is 19.1. The lowest BCUT2D eigenvalue weighted by Crippen LogP contribution is -1.99. The maximum Gasteiger partial charge on any atom is 0.0744 e. The van der Waals surface area contributed by atoms with Crippen LogP contribution in [0.15, 0.2) is 67.0 Å². The topological polar surface area (TPSA) is 37.8 Å². The molecule has 29 heavy (non-hydrogen) atoms. The second kappa shape index (κ2) is 8.44. The van der Waals surface area contributed by atoms with Crippen LogP contribution in [0, 0.1) is 6.92 Å². The lowest BCUT2D eigenvalue weighted by atomic mass is 9.95. The quantitative estimate of drug-likeness (QED) is 0.406. The highest BCUT2D eigenvalue weighted by Crippen LogP contribution is 2.31. The number of nitrogens with zero attached hydrogens (tertiary/aromatic N) is 2. The molecule has 3 nitrogen and oxygen atoms in total. The largest absolute Gasteiger partial charge is 0.385 e. The van der Waals surface area contributed by atoms with Gasteiger partial charge in [-0.3, -0.25) is 4.98 Å². The molecule has 0 aliphatic rings. The van der Waals surface area contributed by atoms with Crippen LogP contribution >= 0.6 is 0 Å². The summed E-state index contributed by atoms with van der Waals surface area (Å²) in [7, 11) is 0. The maximum atomic E-state index is 4.97. The van der Waals surface area contributed by atoms with Gasteiger partial charge in [0.2, 0.25) is 0 Å². The first-order valence-electron chi connectivity index (χ1n) is 10.4. The molecule has 0 bridgehead atoms. The Morgan fingerprint density at radius 3 is 2.14 bits per heavy atom. The number of hydrogen-bond acceptors (Lipinski definition) is 3. The van der Waals surface area contributed by atoms with Crippen LogP contribution in [0.25, 0.3) is 33.3 Å². The standard InChI is InChI=1S/C26H27N3/c1-4-15-28-22-12-10-20(11-13-22)19-6-8-21(9-7-19)26-23(5-2)18(3)24-17-27-16-14-25(24)29-26/h6-14,16-17,28H,4-5,15H2,1-3H3. The van der Waals surface area contributed by atoms with Crippen molar-refractivity contribution in [3.8, 4) is 22.4 Å². The summed E-state index contributed by atoms with van der Waals surface area (Å²) in [6.45, 7) is 7.55. The van der Waals surface area contributed by atoms with Crippen LogP contribution in [-0.2, 0) is 6.42 Å². The molecule has 1 N–H and O–H groups in total. The van der Waals surface area contributed by atoms with Crippen molar-refractivity contribution >= 4 is 16.6 Å². The summed E-state index contributed by atoms with van der Waals surface area (Å²) in [5.74, 6) is 0. The Bertz CT molecular complexity index is 1110. The van der Waals surface area contributed by atoms with E-state index in [2.05, 4.69) is 79.6 Å². The predicted molar refractivity (Wildman–Crippen MR) is 123 cm³/mol. The van der Waals surface area contributed by atoms with Crippen molar-refractivity contribution in [3.05, 3.63) is 78.1 Å². The number of pyridine rings is 2. The summed E-state index contributed by atoms with van der Waals surface area (Å²) in [4.78, 5) is 9.25. The van der Waals surface area contributed by atoms with Crippen LogP contribution in [0.3, 0.4) is 0 Å². The molecule has 4 aromatic rings. The normalized spacial score (nSPS) is 11.0. The SMILES string of the molecule is CCCNc1ccc(-c2ccc(-c3nc4ccncc4c(C)c3CC)cc2)cc1. The maximum absolute atomic E-state index is 4.97. The Balaban J connectivity index is 1.67. The summed E-state index contributed by atoms with van der Waals surface area (Å²) < 4.78 is 0. The van der Waals surface area contributed by atoms with Gasteiger partial charge in [0.1, 0.15) is 0 Å². The second-order valence-corrected chi connectivity index (χ2v) is 7.39. The third-order valence-electron chi connectivity index (χ3n) is 5.48. The van der Waals surface area contributed by atoms with E-state index in [4.69, 9.17) is 4.98 Å². The van der Waals surface area contributed by atoms with Gasteiger partial charge < -0.3 is 5.32 Å². The minimum Gasteiger partial charge on any atom is -0.385 e. The number of nitrogens with one attached hydrogen (secondary N) is 1. The molecule has 2 aromatic heterocycles. The minimum absolute atomic E-state index is 0.951. The molecule has 0 aliphatic carbocycles. The summed E-state index contributed by atoms with van der Waals surface area (Å²) in [6, 6.07) is 19.4. The van der Waals surface area contributed by atoms with E-state index in [0.29, 0.717) is 0 Å². The van der Waals surface area contributed by atoms with E-state index in [1.807, 2.05) is 18.5 Å². The molecule has 0 spiro atoms. The second-order valence-electron chi connectivity index (χ2n) is 7.39. The van der Waals surface area contributed by atoms with Crippen LogP contribution < -0.4 is 5.32 Å². The third kappa shape index (κ3) is 3.86. The molecule has 0 aliphatic heterocycles. The van der Waals surface area contributed by atoms with Gasteiger partial charge >= 0.3 is 0 Å². The summed E-state index contributed by atoms with van der Waals surface area (Å²) >= 11 is 0. The third-order valence-corrected chi connectivity index (χ3v) is 5.48. The molecule has 2 aromatic carbocycles. The number of benzene rings is 2. The van der Waals surface area contributed by atoms with Crippen molar-refractivity contribution in [1.82, 2.24) is 9.97 Å². The van der Waals surface area contributed by atoms with Gasteiger partial charge in [-0.25, -0.2) is 4.98 Å². The summed E-state index contributed by atoms with van der Waals surface area (Å²) in [6.07, 6.45) is 5.81. The Morgan fingerprint density at radius 2 is 1.48 bits per heavy atom. The molecule has 4 rings (SSSR count). The molecule has 146 valence electrons.